The average molecular weight is 362 g/mol. The molecule has 0 bridgehead atoms. The Morgan fingerprint density at radius 3 is 2.65 bits per heavy atom. The van der Waals surface area contributed by atoms with Gasteiger partial charge < -0.3 is 15.7 Å². The summed E-state index contributed by atoms with van der Waals surface area (Å²) in [6.45, 7) is 6.42. The zero-order chi connectivity index (χ0) is 18.9. The standard InChI is InChI=1S/C21H31FN2O2/c1-20(2,14-8-10-15(22)11-9-14)19(26)23-13-16-12-21(3)17(24-16)6-4-5-7-18(21)25/h8-11,16-18,24-25H,4-7,12-13H2,1-3H3,(H,23,26)/t16-,17-,18+,21-/m1/s1. The number of amides is 1. The third-order valence-corrected chi connectivity index (χ3v) is 6.54. The van der Waals surface area contributed by atoms with Crippen molar-refractivity contribution >= 4 is 5.91 Å². The van der Waals surface area contributed by atoms with Crippen LogP contribution in [0.25, 0.3) is 0 Å². The number of halogens is 1. The van der Waals surface area contributed by atoms with Crippen LogP contribution in [0.5, 0.6) is 0 Å². The first kappa shape index (κ1) is 19.3. The van der Waals surface area contributed by atoms with Crippen LogP contribution < -0.4 is 10.6 Å². The van der Waals surface area contributed by atoms with Gasteiger partial charge in [0.15, 0.2) is 0 Å². The number of nitrogens with one attached hydrogen (secondary N) is 2. The maximum atomic E-state index is 13.1. The first-order valence-electron chi connectivity index (χ1n) is 9.72. The molecule has 1 amide bonds. The smallest absolute Gasteiger partial charge is 0.230 e. The van der Waals surface area contributed by atoms with E-state index in [1.807, 2.05) is 13.8 Å². The fraction of sp³-hybridized carbons (Fsp3) is 0.667. The Labute approximate surface area is 155 Å². The van der Waals surface area contributed by atoms with Gasteiger partial charge in [-0.2, -0.15) is 0 Å². The largest absolute Gasteiger partial charge is 0.392 e. The van der Waals surface area contributed by atoms with Crippen molar-refractivity contribution in [3.8, 4) is 0 Å². The van der Waals surface area contributed by atoms with Crippen molar-refractivity contribution in [2.45, 2.75) is 76.5 Å². The van der Waals surface area contributed by atoms with Gasteiger partial charge in [0.05, 0.1) is 11.5 Å². The molecule has 1 heterocycles. The lowest BCUT2D eigenvalue weighted by Gasteiger charge is -2.33. The third kappa shape index (κ3) is 3.65. The summed E-state index contributed by atoms with van der Waals surface area (Å²) < 4.78 is 13.1. The first-order valence-corrected chi connectivity index (χ1v) is 9.72. The van der Waals surface area contributed by atoms with Crippen molar-refractivity contribution in [1.82, 2.24) is 10.6 Å². The second-order valence-corrected chi connectivity index (χ2v) is 8.77. The number of hydrogen-bond acceptors (Lipinski definition) is 3. The van der Waals surface area contributed by atoms with Gasteiger partial charge in [-0.1, -0.05) is 31.9 Å². The molecule has 0 aromatic heterocycles. The highest BCUT2D eigenvalue weighted by atomic mass is 19.1. The maximum Gasteiger partial charge on any atom is 0.230 e. The normalized spacial score (nSPS) is 32.0. The number of aliphatic hydroxyl groups is 1. The van der Waals surface area contributed by atoms with E-state index in [1.165, 1.54) is 12.1 Å². The molecule has 0 spiro atoms. The summed E-state index contributed by atoms with van der Waals surface area (Å²) in [7, 11) is 0. The Morgan fingerprint density at radius 1 is 1.31 bits per heavy atom. The summed E-state index contributed by atoms with van der Waals surface area (Å²) in [5, 5.41) is 17.2. The van der Waals surface area contributed by atoms with E-state index in [9.17, 15) is 14.3 Å². The van der Waals surface area contributed by atoms with Crippen molar-refractivity contribution < 1.29 is 14.3 Å². The van der Waals surface area contributed by atoms with Crippen LogP contribution in [0.4, 0.5) is 4.39 Å². The Kier molecular flexibility index (Phi) is 5.40. The van der Waals surface area contributed by atoms with Crippen LogP contribution in [-0.4, -0.2) is 35.7 Å². The summed E-state index contributed by atoms with van der Waals surface area (Å²) >= 11 is 0. The molecular weight excluding hydrogens is 331 g/mol. The van der Waals surface area contributed by atoms with Gasteiger partial charge in [-0.05, 0) is 50.8 Å². The predicted octanol–water partition coefficient (Wildman–Crippen LogP) is 2.89. The number of aliphatic hydroxyl groups excluding tert-OH is 1. The van der Waals surface area contributed by atoms with Crippen LogP contribution in [0.15, 0.2) is 24.3 Å². The van der Waals surface area contributed by atoms with Crippen LogP contribution in [0.2, 0.25) is 0 Å². The van der Waals surface area contributed by atoms with Gasteiger partial charge in [-0.15, -0.1) is 0 Å². The Morgan fingerprint density at radius 2 is 1.96 bits per heavy atom. The van der Waals surface area contributed by atoms with Crippen LogP contribution in [0, 0.1) is 11.2 Å². The highest BCUT2D eigenvalue weighted by molar-refractivity contribution is 5.87. The average Bonchev–Trinajstić information content (AvgIpc) is 2.87. The van der Waals surface area contributed by atoms with Crippen LogP contribution >= 0.6 is 0 Å². The van der Waals surface area contributed by atoms with Gasteiger partial charge in [-0.3, -0.25) is 4.79 Å². The third-order valence-electron chi connectivity index (χ3n) is 6.54. The molecular formula is C21H31FN2O2. The molecule has 0 radical (unpaired) electrons. The Bertz CT molecular complexity index is 646. The van der Waals surface area contributed by atoms with E-state index in [1.54, 1.807) is 12.1 Å². The Balaban J connectivity index is 1.60. The SMILES string of the molecule is CC(C)(C(=O)NC[C@H]1C[C@@]2(C)[C@@H](O)CCCC[C@H]2N1)c1ccc(F)cc1. The summed E-state index contributed by atoms with van der Waals surface area (Å²) in [5.74, 6) is -0.367. The first-order chi connectivity index (χ1) is 12.2. The highest BCUT2D eigenvalue weighted by Gasteiger charge is 2.48. The monoisotopic (exact) mass is 362 g/mol. The number of benzene rings is 1. The van der Waals surface area contributed by atoms with Gasteiger partial charge in [0.2, 0.25) is 5.91 Å². The minimum absolute atomic E-state index is 0.0660. The number of rotatable bonds is 4. The summed E-state index contributed by atoms with van der Waals surface area (Å²) in [6.07, 6.45) is 4.77. The van der Waals surface area contributed by atoms with Crippen LogP contribution in [-0.2, 0) is 10.2 Å². The van der Waals surface area contributed by atoms with Crippen molar-refractivity contribution in [2.24, 2.45) is 5.41 Å². The lowest BCUT2D eigenvalue weighted by Crippen LogP contribution is -2.46. The molecule has 3 rings (SSSR count). The summed E-state index contributed by atoms with van der Waals surface area (Å²) in [4.78, 5) is 12.7. The van der Waals surface area contributed by atoms with Crippen molar-refractivity contribution in [2.75, 3.05) is 6.54 Å². The molecule has 2 fully saturated rings. The van der Waals surface area contributed by atoms with E-state index in [0.717, 1.165) is 37.7 Å². The number of hydrogen-bond donors (Lipinski definition) is 3. The minimum atomic E-state index is -0.722. The molecule has 2 aliphatic rings. The molecule has 3 N–H and O–H groups in total. The second kappa shape index (κ2) is 7.28. The molecule has 1 aromatic rings. The van der Waals surface area contributed by atoms with E-state index in [0.29, 0.717) is 12.6 Å². The van der Waals surface area contributed by atoms with Gasteiger partial charge >= 0.3 is 0 Å². The highest BCUT2D eigenvalue weighted by Crippen LogP contribution is 2.43. The number of fused-ring (bicyclic) bond motifs is 1. The minimum Gasteiger partial charge on any atom is -0.392 e. The molecule has 4 atom stereocenters. The van der Waals surface area contributed by atoms with Gasteiger partial charge in [-0.25, -0.2) is 4.39 Å². The second-order valence-electron chi connectivity index (χ2n) is 8.77. The van der Waals surface area contributed by atoms with Crippen molar-refractivity contribution in [3.05, 3.63) is 35.6 Å². The molecule has 4 nitrogen and oxygen atoms in total. The molecule has 1 aliphatic carbocycles. The lowest BCUT2D eigenvalue weighted by molar-refractivity contribution is -0.125. The predicted molar refractivity (Wildman–Crippen MR) is 100 cm³/mol. The van der Waals surface area contributed by atoms with E-state index in [4.69, 9.17) is 0 Å². The van der Waals surface area contributed by atoms with E-state index in [-0.39, 0.29) is 29.3 Å². The molecule has 26 heavy (non-hydrogen) atoms. The van der Waals surface area contributed by atoms with Crippen molar-refractivity contribution in [1.29, 1.82) is 0 Å². The number of carbonyl (C=O) groups excluding carboxylic acids is 1. The molecule has 1 aliphatic heterocycles. The van der Waals surface area contributed by atoms with Gasteiger partial charge in [0, 0.05) is 24.0 Å². The van der Waals surface area contributed by atoms with Crippen LogP contribution in [0.1, 0.15) is 58.4 Å². The molecule has 0 unspecified atom stereocenters. The number of carbonyl (C=O) groups is 1. The van der Waals surface area contributed by atoms with E-state index >= 15 is 0 Å². The zero-order valence-corrected chi connectivity index (χ0v) is 16.0. The topological polar surface area (TPSA) is 61.4 Å². The Hall–Kier alpha value is -1.46. The molecule has 1 saturated heterocycles. The fourth-order valence-electron chi connectivity index (χ4n) is 4.57. The molecule has 5 heteroatoms. The van der Waals surface area contributed by atoms with Gasteiger partial charge in [0.1, 0.15) is 5.82 Å². The molecule has 144 valence electrons. The molecule has 1 aromatic carbocycles. The fourth-order valence-corrected chi connectivity index (χ4v) is 4.57. The quantitative estimate of drug-likeness (QED) is 0.772. The van der Waals surface area contributed by atoms with Gasteiger partial charge in [0.25, 0.3) is 0 Å². The van der Waals surface area contributed by atoms with Crippen LogP contribution in [0.3, 0.4) is 0 Å². The molecule has 1 saturated carbocycles. The summed E-state index contributed by atoms with van der Waals surface area (Å²) in [6, 6.07) is 6.59. The van der Waals surface area contributed by atoms with E-state index < -0.39 is 5.41 Å². The maximum absolute atomic E-state index is 13.1. The van der Waals surface area contributed by atoms with Crippen molar-refractivity contribution in [3.63, 3.8) is 0 Å². The lowest BCUT2D eigenvalue weighted by atomic mass is 9.75. The summed E-state index contributed by atoms with van der Waals surface area (Å²) in [5.41, 5.74) is -0.0402. The van der Waals surface area contributed by atoms with E-state index in [2.05, 4.69) is 17.6 Å². The zero-order valence-electron chi connectivity index (χ0n) is 16.0.